The first-order valence-corrected chi connectivity index (χ1v) is 10.5. The van der Waals surface area contributed by atoms with Crippen molar-refractivity contribution >= 4 is 29.9 Å². The number of hydrogen-bond acceptors (Lipinski definition) is 5. The van der Waals surface area contributed by atoms with Crippen LogP contribution in [-0.4, -0.2) is 65.9 Å². The van der Waals surface area contributed by atoms with E-state index < -0.39 is 6.10 Å². The number of methoxy groups -OCH3 is 2. The zero-order valence-corrected chi connectivity index (χ0v) is 21.0. The molecule has 1 fully saturated rings. The Morgan fingerprint density at radius 2 is 2.16 bits per heavy atom. The number of nitrogens with one attached hydrogen (secondary N) is 1. The number of imidazole rings is 1. The predicted molar refractivity (Wildman–Crippen MR) is 133 cm³/mol. The lowest BCUT2D eigenvalue weighted by Gasteiger charge is -2.39. The van der Waals surface area contributed by atoms with E-state index in [9.17, 15) is 5.11 Å². The summed E-state index contributed by atoms with van der Waals surface area (Å²) in [6.07, 6.45) is 6.00. The molecular weight excluding hydrogens is 509 g/mol. The van der Waals surface area contributed by atoms with E-state index in [-0.39, 0.29) is 30.5 Å². The van der Waals surface area contributed by atoms with E-state index in [0.29, 0.717) is 29.0 Å². The highest BCUT2D eigenvalue weighted by atomic mass is 127. The molecule has 1 aromatic carbocycles. The molecule has 1 aromatic heterocycles. The summed E-state index contributed by atoms with van der Waals surface area (Å²) >= 11 is 0. The number of guanidine groups is 1. The van der Waals surface area contributed by atoms with Crippen LogP contribution in [0.4, 0.5) is 0 Å². The van der Waals surface area contributed by atoms with Crippen LogP contribution in [0.15, 0.2) is 41.9 Å². The highest BCUT2D eigenvalue weighted by Crippen LogP contribution is 2.30. The van der Waals surface area contributed by atoms with E-state index in [1.54, 1.807) is 26.4 Å². The van der Waals surface area contributed by atoms with Crippen LogP contribution in [0.5, 0.6) is 11.5 Å². The lowest BCUT2D eigenvalue weighted by atomic mass is 9.93. The fourth-order valence-corrected chi connectivity index (χ4v) is 3.89. The number of halogens is 1. The minimum absolute atomic E-state index is 0. The van der Waals surface area contributed by atoms with Gasteiger partial charge in [0.25, 0.3) is 0 Å². The number of hydrogen-bond donors (Lipinski definition) is 2. The van der Waals surface area contributed by atoms with Gasteiger partial charge in [0, 0.05) is 37.6 Å². The summed E-state index contributed by atoms with van der Waals surface area (Å²) in [5.41, 5.74) is 0.667. The molecule has 1 aliphatic heterocycles. The van der Waals surface area contributed by atoms with Crippen LogP contribution in [0.3, 0.4) is 0 Å². The standard InChI is InChI=1S/C22H33N5O3.HI/c1-5-24-22(26-10-8-16(2)19(14-26)27-11-9-23-15-27)25-13-20(28)18-12-17(29-3)6-7-21(18)30-4;/h6-7,9,11-12,15-16,19-20,28H,5,8,10,13-14H2,1-4H3,(H,24,25);1H. The number of piperidine rings is 1. The molecule has 1 saturated heterocycles. The van der Waals surface area contributed by atoms with Gasteiger partial charge in [-0.1, -0.05) is 6.92 Å². The normalized spacial score (nSPS) is 20.0. The molecule has 3 rings (SSSR count). The molecule has 0 bridgehead atoms. The molecule has 0 radical (unpaired) electrons. The van der Waals surface area contributed by atoms with Gasteiger partial charge >= 0.3 is 0 Å². The molecule has 0 spiro atoms. The maximum atomic E-state index is 10.8. The maximum absolute atomic E-state index is 10.8. The average molecular weight is 543 g/mol. The minimum atomic E-state index is -0.795. The van der Waals surface area contributed by atoms with Crippen LogP contribution in [0.1, 0.15) is 38.0 Å². The Labute approximate surface area is 201 Å². The molecule has 8 nitrogen and oxygen atoms in total. The van der Waals surface area contributed by atoms with Gasteiger partial charge in [0.2, 0.25) is 0 Å². The molecule has 0 amide bonds. The van der Waals surface area contributed by atoms with Gasteiger partial charge in [-0.3, -0.25) is 4.99 Å². The topological polar surface area (TPSA) is 84.1 Å². The van der Waals surface area contributed by atoms with Gasteiger partial charge in [-0.15, -0.1) is 24.0 Å². The van der Waals surface area contributed by atoms with Crippen molar-refractivity contribution in [2.24, 2.45) is 10.9 Å². The quantitative estimate of drug-likeness (QED) is 0.317. The molecule has 3 atom stereocenters. The highest BCUT2D eigenvalue weighted by Gasteiger charge is 2.29. The molecule has 0 aliphatic carbocycles. The van der Waals surface area contributed by atoms with Crippen molar-refractivity contribution < 1.29 is 14.6 Å². The van der Waals surface area contributed by atoms with E-state index in [1.807, 2.05) is 24.8 Å². The number of aliphatic hydroxyl groups excluding tert-OH is 1. The van der Waals surface area contributed by atoms with Crippen LogP contribution < -0.4 is 14.8 Å². The summed E-state index contributed by atoms with van der Waals surface area (Å²) in [5.74, 6) is 2.67. The van der Waals surface area contributed by atoms with Crippen LogP contribution in [0.2, 0.25) is 0 Å². The molecule has 2 N–H and O–H groups in total. The second kappa shape index (κ2) is 12.1. The average Bonchev–Trinajstić information content (AvgIpc) is 3.31. The number of ether oxygens (including phenoxy) is 2. The zero-order chi connectivity index (χ0) is 21.5. The molecule has 172 valence electrons. The summed E-state index contributed by atoms with van der Waals surface area (Å²) in [4.78, 5) is 11.2. The number of aromatic nitrogens is 2. The number of nitrogens with zero attached hydrogens (tertiary/aromatic N) is 4. The summed E-state index contributed by atoms with van der Waals surface area (Å²) in [6.45, 7) is 7.10. The van der Waals surface area contributed by atoms with Gasteiger partial charge in [-0.05, 0) is 37.5 Å². The third-order valence-electron chi connectivity index (χ3n) is 5.67. The Morgan fingerprint density at radius 1 is 1.35 bits per heavy atom. The van der Waals surface area contributed by atoms with Crippen molar-refractivity contribution in [3.63, 3.8) is 0 Å². The number of aliphatic hydroxyl groups is 1. The highest BCUT2D eigenvalue weighted by molar-refractivity contribution is 14.0. The van der Waals surface area contributed by atoms with Crippen molar-refractivity contribution in [2.45, 2.75) is 32.4 Å². The van der Waals surface area contributed by atoms with E-state index in [1.165, 1.54) is 0 Å². The van der Waals surface area contributed by atoms with Crippen LogP contribution in [-0.2, 0) is 0 Å². The molecule has 2 heterocycles. The van der Waals surface area contributed by atoms with Gasteiger partial charge < -0.3 is 29.4 Å². The van der Waals surface area contributed by atoms with Gasteiger partial charge in [-0.2, -0.15) is 0 Å². The van der Waals surface area contributed by atoms with Crippen LogP contribution in [0.25, 0.3) is 0 Å². The van der Waals surface area contributed by atoms with E-state index in [2.05, 4.69) is 33.6 Å². The van der Waals surface area contributed by atoms with E-state index in [0.717, 1.165) is 32.0 Å². The van der Waals surface area contributed by atoms with Crippen molar-refractivity contribution in [3.05, 3.63) is 42.5 Å². The number of benzene rings is 1. The van der Waals surface area contributed by atoms with Crippen molar-refractivity contribution in [1.82, 2.24) is 19.8 Å². The molecule has 31 heavy (non-hydrogen) atoms. The monoisotopic (exact) mass is 543 g/mol. The minimum Gasteiger partial charge on any atom is -0.497 e. The first-order chi connectivity index (χ1) is 14.6. The second-order valence-corrected chi connectivity index (χ2v) is 7.61. The smallest absolute Gasteiger partial charge is 0.194 e. The lowest BCUT2D eigenvalue weighted by Crippen LogP contribution is -2.49. The number of aliphatic imine (C=N–C) groups is 1. The summed E-state index contributed by atoms with van der Waals surface area (Å²) in [6, 6.07) is 5.75. The third-order valence-corrected chi connectivity index (χ3v) is 5.67. The summed E-state index contributed by atoms with van der Waals surface area (Å²) in [7, 11) is 3.20. The first kappa shape index (κ1) is 25.3. The van der Waals surface area contributed by atoms with Gasteiger partial charge in [0.05, 0.1) is 33.1 Å². The molecule has 9 heteroatoms. The van der Waals surface area contributed by atoms with Gasteiger partial charge in [-0.25, -0.2) is 4.98 Å². The summed E-state index contributed by atoms with van der Waals surface area (Å²) in [5, 5.41) is 14.2. The second-order valence-electron chi connectivity index (χ2n) is 7.61. The largest absolute Gasteiger partial charge is 0.497 e. The first-order valence-electron chi connectivity index (χ1n) is 10.5. The van der Waals surface area contributed by atoms with Crippen molar-refractivity contribution in [3.8, 4) is 11.5 Å². The number of rotatable bonds is 7. The molecule has 1 aliphatic rings. The predicted octanol–water partition coefficient (Wildman–Crippen LogP) is 3.10. The SMILES string of the molecule is CCNC(=NCC(O)c1cc(OC)ccc1OC)N1CCC(C)C(n2ccnc2)C1.I. The zero-order valence-electron chi connectivity index (χ0n) is 18.7. The molecule has 2 aromatic rings. The van der Waals surface area contributed by atoms with Gasteiger partial charge in [0.15, 0.2) is 5.96 Å². The Morgan fingerprint density at radius 3 is 2.81 bits per heavy atom. The molecule has 3 unspecified atom stereocenters. The maximum Gasteiger partial charge on any atom is 0.194 e. The lowest BCUT2D eigenvalue weighted by molar-refractivity contribution is 0.176. The third kappa shape index (κ3) is 6.25. The Kier molecular flexibility index (Phi) is 9.89. The van der Waals surface area contributed by atoms with E-state index >= 15 is 0 Å². The fourth-order valence-electron chi connectivity index (χ4n) is 3.89. The fraction of sp³-hybridized carbons (Fsp3) is 0.545. The molecular formula is C22H34IN5O3. The Bertz CT molecular complexity index is 831. The number of likely N-dealkylation sites (tertiary alicyclic amines) is 1. The van der Waals surface area contributed by atoms with E-state index in [4.69, 9.17) is 14.5 Å². The Hall–Kier alpha value is -2.01. The van der Waals surface area contributed by atoms with Gasteiger partial charge in [0.1, 0.15) is 17.6 Å². The summed E-state index contributed by atoms with van der Waals surface area (Å²) < 4.78 is 12.9. The van der Waals surface area contributed by atoms with Crippen molar-refractivity contribution in [2.75, 3.05) is 40.4 Å². The van der Waals surface area contributed by atoms with Crippen molar-refractivity contribution in [1.29, 1.82) is 0 Å². The molecule has 0 saturated carbocycles. The van der Waals surface area contributed by atoms with Crippen LogP contribution >= 0.6 is 24.0 Å². The van der Waals surface area contributed by atoms with Crippen LogP contribution in [0, 0.1) is 5.92 Å². The Balaban J connectivity index is 0.00000341.